The van der Waals surface area contributed by atoms with Gasteiger partial charge in [-0.25, -0.2) is 17.9 Å². The molecule has 0 aliphatic heterocycles. The van der Waals surface area contributed by atoms with Crippen molar-refractivity contribution in [3.05, 3.63) is 0 Å². The second-order valence-corrected chi connectivity index (χ2v) is 5.74. The molecule has 0 saturated carbocycles. The van der Waals surface area contributed by atoms with Crippen molar-refractivity contribution < 1.29 is 18.0 Å². The molecule has 6 nitrogen and oxygen atoms in total. The van der Waals surface area contributed by atoms with Crippen LogP contribution in [0.3, 0.4) is 0 Å². The molecule has 0 radical (unpaired) electrons. The van der Waals surface area contributed by atoms with Gasteiger partial charge in [0.2, 0.25) is 10.0 Å². The van der Waals surface area contributed by atoms with E-state index in [1.807, 2.05) is 0 Å². The number of amides is 2. The summed E-state index contributed by atoms with van der Waals surface area (Å²) in [7, 11) is -3.54. The number of hydrogen-bond acceptors (Lipinski definition) is 4. The van der Waals surface area contributed by atoms with Crippen molar-refractivity contribution in [3.8, 4) is 0 Å². The molecule has 0 rings (SSSR count). The molecule has 2 unspecified atom stereocenters. The fourth-order valence-electron chi connectivity index (χ4n) is 1.18. The van der Waals surface area contributed by atoms with Crippen molar-refractivity contribution in [1.82, 2.24) is 10.0 Å². The van der Waals surface area contributed by atoms with Gasteiger partial charge in [0, 0.05) is 12.0 Å². The molecule has 0 aromatic carbocycles. The zero-order valence-corrected chi connectivity index (χ0v) is 10.7. The molecule has 2 N–H and O–H groups in total. The minimum absolute atomic E-state index is 0.0390. The Morgan fingerprint density at radius 1 is 1.25 bits per heavy atom. The van der Waals surface area contributed by atoms with E-state index in [2.05, 4.69) is 5.32 Å². The third-order valence-electron chi connectivity index (χ3n) is 2.06. The van der Waals surface area contributed by atoms with Crippen LogP contribution < -0.4 is 10.0 Å². The second kappa shape index (κ2) is 5.83. The molecular formula is C9H18N2O4S. The van der Waals surface area contributed by atoms with Crippen LogP contribution in [-0.4, -0.2) is 32.5 Å². The number of hydrogen-bond donors (Lipinski definition) is 2. The van der Waals surface area contributed by atoms with Crippen molar-refractivity contribution in [2.45, 2.75) is 33.2 Å². The highest BCUT2D eigenvalue weighted by atomic mass is 32.2. The number of ketones is 1. The van der Waals surface area contributed by atoms with E-state index in [9.17, 15) is 18.0 Å². The summed E-state index contributed by atoms with van der Waals surface area (Å²) in [4.78, 5) is 22.1. The highest BCUT2D eigenvalue weighted by Gasteiger charge is 2.15. The minimum atomic E-state index is -3.54. The molecular weight excluding hydrogens is 232 g/mol. The van der Waals surface area contributed by atoms with Crippen LogP contribution in [0.15, 0.2) is 0 Å². The maximum absolute atomic E-state index is 11.1. The SMILES string of the molecule is CC(=O)C(C)CC(C)NC(=O)NS(C)(=O)=O. The van der Waals surface area contributed by atoms with Gasteiger partial charge < -0.3 is 5.32 Å². The summed E-state index contributed by atoms with van der Waals surface area (Å²) in [5.41, 5.74) is 0. The molecule has 0 fully saturated rings. The summed E-state index contributed by atoms with van der Waals surface area (Å²) in [6.07, 6.45) is 1.38. The number of nitrogens with one attached hydrogen (secondary N) is 2. The molecule has 0 aliphatic rings. The lowest BCUT2D eigenvalue weighted by Gasteiger charge is -2.16. The standard InChI is InChI=1S/C9H18N2O4S/c1-6(8(3)12)5-7(2)10-9(13)11-16(4,14)15/h6-7H,5H2,1-4H3,(H2,10,11,13). The fraction of sp³-hybridized carbons (Fsp3) is 0.778. The highest BCUT2D eigenvalue weighted by Crippen LogP contribution is 2.06. The van der Waals surface area contributed by atoms with Crippen LogP contribution in [0.25, 0.3) is 0 Å². The van der Waals surface area contributed by atoms with Gasteiger partial charge in [-0.2, -0.15) is 0 Å². The summed E-state index contributed by atoms with van der Waals surface area (Å²) in [5, 5.41) is 2.44. The van der Waals surface area contributed by atoms with E-state index in [0.29, 0.717) is 6.42 Å². The number of urea groups is 1. The number of sulfonamides is 1. The lowest BCUT2D eigenvalue weighted by Crippen LogP contribution is -2.43. The molecule has 0 aromatic heterocycles. The number of carbonyl (C=O) groups is 2. The molecule has 2 atom stereocenters. The van der Waals surface area contributed by atoms with Gasteiger partial charge in [-0.3, -0.25) is 4.79 Å². The van der Waals surface area contributed by atoms with Crippen molar-refractivity contribution in [2.75, 3.05) is 6.26 Å². The van der Waals surface area contributed by atoms with E-state index in [-0.39, 0.29) is 17.7 Å². The summed E-state index contributed by atoms with van der Waals surface area (Å²) >= 11 is 0. The fourth-order valence-corrected chi connectivity index (χ4v) is 1.57. The molecule has 0 aliphatic carbocycles. The molecule has 0 aromatic rings. The topological polar surface area (TPSA) is 92.3 Å². The van der Waals surface area contributed by atoms with Gasteiger partial charge in [-0.05, 0) is 20.3 Å². The first-order chi connectivity index (χ1) is 7.11. The Hall–Kier alpha value is -1.11. The summed E-state index contributed by atoms with van der Waals surface area (Å²) < 4.78 is 23.2. The lowest BCUT2D eigenvalue weighted by atomic mass is 9.99. The summed E-state index contributed by atoms with van der Waals surface area (Å²) in [6.45, 7) is 4.95. The van der Waals surface area contributed by atoms with Crippen molar-refractivity contribution in [1.29, 1.82) is 0 Å². The molecule has 94 valence electrons. The Morgan fingerprint density at radius 2 is 1.75 bits per heavy atom. The van der Waals surface area contributed by atoms with E-state index < -0.39 is 16.1 Å². The van der Waals surface area contributed by atoms with Crippen LogP contribution in [0.5, 0.6) is 0 Å². The first kappa shape index (κ1) is 14.9. The second-order valence-electron chi connectivity index (χ2n) is 4.00. The van der Waals surface area contributed by atoms with Crippen LogP contribution >= 0.6 is 0 Å². The lowest BCUT2D eigenvalue weighted by molar-refractivity contribution is -0.120. The smallest absolute Gasteiger partial charge is 0.328 e. The Kier molecular flexibility index (Phi) is 5.43. The number of rotatable bonds is 5. The molecule has 0 spiro atoms. The Balaban J connectivity index is 4.11. The van der Waals surface area contributed by atoms with Gasteiger partial charge in [0.15, 0.2) is 0 Å². The van der Waals surface area contributed by atoms with E-state index in [1.54, 1.807) is 18.6 Å². The van der Waals surface area contributed by atoms with Crippen LogP contribution in [0.4, 0.5) is 4.79 Å². The first-order valence-corrected chi connectivity index (χ1v) is 6.79. The van der Waals surface area contributed by atoms with Crippen LogP contribution in [0.2, 0.25) is 0 Å². The van der Waals surface area contributed by atoms with Gasteiger partial charge in [-0.15, -0.1) is 0 Å². The molecule has 0 bridgehead atoms. The minimum Gasteiger partial charge on any atom is -0.335 e. The first-order valence-electron chi connectivity index (χ1n) is 4.90. The average Bonchev–Trinajstić information content (AvgIpc) is 1.98. The quantitative estimate of drug-likeness (QED) is 0.731. The van der Waals surface area contributed by atoms with Crippen molar-refractivity contribution in [2.24, 2.45) is 5.92 Å². The third kappa shape index (κ3) is 7.22. The van der Waals surface area contributed by atoms with Gasteiger partial charge in [0.25, 0.3) is 0 Å². The van der Waals surface area contributed by atoms with Gasteiger partial charge in [-0.1, -0.05) is 6.92 Å². The summed E-state index contributed by atoms with van der Waals surface area (Å²) in [5.74, 6) is -0.120. The van der Waals surface area contributed by atoms with Crippen molar-refractivity contribution in [3.63, 3.8) is 0 Å². The molecule has 7 heteroatoms. The zero-order chi connectivity index (χ0) is 12.9. The molecule has 16 heavy (non-hydrogen) atoms. The Labute approximate surface area is 95.8 Å². The van der Waals surface area contributed by atoms with Crippen LogP contribution in [-0.2, 0) is 14.8 Å². The predicted molar refractivity (Wildman–Crippen MR) is 60.4 cm³/mol. The Bertz CT molecular complexity index is 364. The predicted octanol–water partition coefficient (Wildman–Crippen LogP) is 0.249. The normalized spacial score (nSPS) is 15.0. The molecule has 2 amide bonds. The van der Waals surface area contributed by atoms with Gasteiger partial charge in [0.05, 0.1) is 6.26 Å². The molecule has 0 heterocycles. The van der Waals surface area contributed by atoms with Crippen LogP contribution in [0, 0.1) is 5.92 Å². The molecule has 0 saturated heterocycles. The Morgan fingerprint density at radius 3 is 2.12 bits per heavy atom. The largest absolute Gasteiger partial charge is 0.335 e. The monoisotopic (exact) mass is 250 g/mol. The average molecular weight is 250 g/mol. The maximum atomic E-state index is 11.1. The van der Waals surface area contributed by atoms with Gasteiger partial charge >= 0.3 is 6.03 Å². The van der Waals surface area contributed by atoms with E-state index in [4.69, 9.17) is 0 Å². The maximum Gasteiger partial charge on any atom is 0.328 e. The van der Waals surface area contributed by atoms with Crippen LogP contribution in [0.1, 0.15) is 27.2 Å². The number of carbonyl (C=O) groups excluding carboxylic acids is 2. The van der Waals surface area contributed by atoms with E-state index in [0.717, 1.165) is 6.26 Å². The van der Waals surface area contributed by atoms with Crippen molar-refractivity contribution >= 4 is 21.8 Å². The van der Waals surface area contributed by atoms with E-state index >= 15 is 0 Å². The zero-order valence-electron chi connectivity index (χ0n) is 9.90. The van der Waals surface area contributed by atoms with E-state index in [1.165, 1.54) is 6.92 Å². The van der Waals surface area contributed by atoms with Gasteiger partial charge in [0.1, 0.15) is 5.78 Å². The number of Topliss-reactive ketones (excluding diaryl/α,β-unsaturated/α-hetero) is 1. The summed E-state index contributed by atoms with van der Waals surface area (Å²) in [6, 6.07) is -1.04. The highest BCUT2D eigenvalue weighted by molar-refractivity contribution is 7.89. The third-order valence-corrected chi connectivity index (χ3v) is 2.61.